The van der Waals surface area contributed by atoms with E-state index in [0.29, 0.717) is 6.54 Å². The number of methoxy groups -OCH3 is 1. The Hall–Kier alpha value is -1.14. The van der Waals surface area contributed by atoms with Crippen LogP contribution >= 0.6 is 11.8 Å². The number of amides is 1. The lowest BCUT2D eigenvalue weighted by atomic mass is 10.2. The number of alkyl carbamates (subject to hydrolysis) is 1. The summed E-state index contributed by atoms with van der Waals surface area (Å²) in [5, 5.41) is 2.75. The minimum atomic E-state index is -0.405. The van der Waals surface area contributed by atoms with E-state index in [1.807, 2.05) is 23.9 Å². The van der Waals surface area contributed by atoms with Crippen LogP contribution in [0.1, 0.15) is 11.8 Å². The van der Waals surface area contributed by atoms with Crippen LogP contribution in [0, 0.1) is 0 Å². The molecule has 6 heteroatoms. The minimum absolute atomic E-state index is 0.0833. The average molecular weight is 270 g/mol. The average Bonchev–Trinajstić information content (AvgIpc) is 2.94. The van der Waals surface area contributed by atoms with Crippen LogP contribution in [0.15, 0.2) is 22.8 Å². The summed E-state index contributed by atoms with van der Waals surface area (Å²) in [4.78, 5) is 13.5. The first-order chi connectivity index (χ1) is 8.81. The molecule has 1 saturated heterocycles. The normalized spacial score (nSPS) is 18.3. The fraction of sp³-hybridized carbons (Fsp3) is 0.583. The second-order valence-electron chi connectivity index (χ2n) is 4.05. The van der Waals surface area contributed by atoms with Gasteiger partial charge in [0.1, 0.15) is 5.76 Å². The van der Waals surface area contributed by atoms with E-state index in [0.717, 1.165) is 30.4 Å². The van der Waals surface area contributed by atoms with Gasteiger partial charge in [0.2, 0.25) is 0 Å². The van der Waals surface area contributed by atoms with Gasteiger partial charge in [-0.2, -0.15) is 11.8 Å². The van der Waals surface area contributed by atoms with Crippen LogP contribution in [0.3, 0.4) is 0 Å². The molecule has 1 aliphatic heterocycles. The molecule has 0 aromatic carbocycles. The van der Waals surface area contributed by atoms with Crippen molar-refractivity contribution in [3.8, 4) is 0 Å². The van der Waals surface area contributed by atoms with Gasteiger partial charge in [-0.05, 0) is 12.1 Å². The zero-order valence-electron chi connectivity index (χ0n) is 10.4. The molecule has 0 aliphatic carbocycles. The molecule has 5 nitrogen and oxygen atoms in total. The highest BCUT2D eigenvalue weighted by atomic mass is 32.2. The summed E-state index contributed by atoms with van der Waals surface area (Å²) in [6, 6.07) is 3.91. The number of carbonyl (C=O) groups is 1. The van der Waals surface area contributed by atoms with Crippen molar-refractivity contribution in [2.24, 2.45) is 0 Å². The maximum Gasteiger partial charge on any atom is 0.406 e. The molecule has 0 bridgehead atoms. The number of ether oxygens (including phenoxy) is 1. The fourth-order valence-electron chi connectivity index (χ4n) is 2.03. The molecular weight excluding hydrogens is 252 g/mol. The number of hydrogen-bond donors (Lipinski definition) is 1. The third kappa shape index (κ3) is 3.43. The topological polar surface area (TPSA) is 54.7 Å². The van der Waals surface area contributed by atoms with Crippen molar-refractivity contribution < 1.29 is 13.9 Å². The largest absolute Gasteiger partial charge is 0.468 e. The zero-order chi connectivity index (χ0) is 12.8. The lowest BCUT2D eigenvalue weighted by Gasteiger charge is -2.33. The van der Waals surface area contributed by atoms with Crippen LogP contribution in [-0.4, -0.2) is 49.2 Å². The number of nitrogens with zero attached hydrogens (tertiary/aromatic N) is 1. The maximum atomic E-state index is 11.2. The highest BCUT2D eigenvalue weighted by Crippen LogP contribution is 2.24. The van der Waals surface area contributed by atoms with Crippen molar-refractivity contribution in [3.05, 3.63) is 24.2 Å². The molecule has 1 N–H and O–H groups in total. The minimum Gasteiger partial charge on any atom is -0.468 e. The van der Waals surface area contributed by atoms with E-state index in [-0.39, 0.29) is 6.04 Å². The molecule has 1 amide bonds. The second kappa shape index (κ2) is 6.70. The van der Waals surface area contributed by atoms with E-state index in [2.05, 4.69) is 15.0 Å². The molecule has 2 rings (SSSR count). The van der Waals surface area contributed by atoms with Gasteiger partial charge in [-0.25, -0.2) is 4.79 Å². The third-order valence-electron chi connectivity index (χ3n) is 2.98. The number of rotatable bonds is 4. The summed E-state index contributed by atoms with van der Waals surface area (Å²) in [7, 11) is 1.37. The van der Waals surface area contributed by atoms with Gasteiger partial charge in [-0.3, -0.25) is 4.90 Å². The van der Waals surface area contributed by atoms with Gasteiger partial charge in [0.05, 0.1) is 19.4 Å². The Labute approximate surface area is 111 Å². The van der Waals surface area contributed by atoms with Crippen molar-refractivity contribution in [1.29, 1.82) is 0 Å². The van der Waals surface area contributed by atoms with Gasteiger partial charge in [-0.1, -0.05) is 0 Å². The van der Waals surface area contributed by atoms with Crippen LogP contribution in [0.5, 0.6) is 0 Å². The van der Waals surface area contributed by atoms with Crippen molar-refractivity contribution in [1.82, 2.24) is 10.2 Å². The monoisotopic (exact) mass is 270 g/mol. The quantitative estimate of drug-likeness (QED) is 0.903. The zero-order valence-corrected chi connectivity index (χ0v) is 11.2. The highest BCUT2D eigenvalue weighted by molar-refractivity contribution is 7.99. The highest BCUT2D eigenvalue weighted by Gasteiger charge is 2.25. The lowest BCUT2D eigenvalue weighted by Crippen LogP contribution is -2.41. The van der Waals surface area contributed by atoms with E-state index in [9.17, 15) is 4.79 Å². The predicted octanol–water partition coefficient (Wildman–Crippen LogP) is 1.73. The molecule has 1 aromatic heterocycles. The maximum absolute atomic E-state index is 11.2. The van der Waals surface area contributed by atoms with Gasteiger partial charge in [0, 0.05) is 31.1 Å². The number of thioether (sulfide) groups is 1. The summed E-state index contributed by atoms with van der Waals surface area (Å²) in [6.07, 6.45) is 1.26. The van der Waals surface area contributed by atoms with E-state index >= 15 is 0 Å². The molecule has 1 aliphatic rings. The molecular formula is C12H18N2O3S. The van der Waals surface area contributed by atoms with Crippen LogP contribution < -0.4 is 5.32 Å². The summed E-state index contributed by atoms with van der Waals surface area (Å²) in [6.45, 7) is 2.53. The number of nitrogens with one attached hydrogen (secondary N) is 1. The molecule has 18 heavy (non-hydrogen) atoms. The fourth-order valence-corrected chi connectivity index (χ4v) is 2.96. The van der Waals surface area contributed by atoms with E-state index in [4.69, 9.17) is 4.42 Å². The number of furan rings is 1. The summed E-state index contributed by atoms with van der Waals surface area (Å²) in [5.41, 5.74) is 0. The van der Waals surface area contributed by atoms with Gasteiger partial charge >= 0.3 is 6.09 Å². The summed E-state index contributed by atoms with van der Waals surface area (Å²) < 4.78 is 10.1. The lowest BCUT2D eigenvalue weighted by molar-refractivity contribution is 0.155. The van der Waals surface area contributed by atoms with Gasteiger partial charge in [-0.15, -0.1) is 0 Å². The van der Waals surface area contributed by atoms with Crippen LogP contribution in [0.4, 0.5) is 4.79 Å². The van der Waals surface area contributed by atoms with E-state index < -0.39 is 6.09 Å². The SMILES string of the molecule is COC(=O)NC[C@@H](c1ccco1)N1CCSCC1. The van der Waals surface area contributed by atoms with Crippen LogP contribution in [0.2, 0.25) is 0 Å². The van der Waals surface area contributed by atoms with Crippen LogP contribution in [-0.2, 0) is 4.74 Å². The predicted molar refractivity (Wildman–Crippen MR) is 70.8 cm³/mol. The molecule has 2 heterocycles. The van der Waals surface area contributed by atoms with Gasteiger partial charge in [0.25, 0.3) is 0 Å². The molecule has 0 unspecified atom stereocenters. The summed E-state index contributed by atoms with van der Waals surface area (Å²) in [5.74, 6) is 3.13. The van der Waals surface area contributed by atoms with E-state index in [1.165, 1.54) is 7.11 Å². The summed E-state index contributed by atoms with van der Waals surface area (Å²) >= 11 is 1.96. The Kier molecular flexibility index (Phi) is 4.95. The smallest absolute Gasteiger partial charge is 0.406 e. The first kappa shape index (κ1) is 13.3. The molecule has 0 spiro atoms. The number of hydrogen-bond acceptors (Lipinski definition) is 5. The van der Waals surface area contributed by atoms with Crippen molar-refractivity contribution >= 4 is 17.9 Å². The van der Waals surface area contributed by atoms with Gasteiger partial charge < -0.3 is 14.5 Å². The Morgan fingerprint density at radius 3 is 3.00 bits per heavy atom. The second-order valence-corrected chi connectivity index (χ2v) is 5.28. The molecule has 100 valence electrons. The van der Waals surface area contributed by atoms with Crippen molar-refractivity contribution in [3.63, 3.8) is 0 Å². The number of carbonyl (C=O) groups excluding carboxylic acids is 1. The van der Waals surface area contributed by atoms with Crippen molar-refractivity contribution in [2.45, 2.75) is 6.04 Å². The van der Waals surface area contributed by atoms with E-state index in [1.54, 1.807) is 6.26 Å². The Morgan fingerprint density at radius 2 is 2.39 bits per heavy atom. The Balaban J connectivity index is 2.00. The van der Waals surface area contributed by atoms with Gasteiger partial charge in [0.15, 0.2) is 0 Å². The molecule has 1 fully saturated rings. The standard InChI is InChI=1S/C12H18N2O3S/c1-16-12(15)13-9-10(11-3-2-6-17-11)14-4-7-18-8-5-14/h2-3,6,10H,4-5,7-9H2,1H3,(H,13,15)/t10-/m0/s1. The molecule has 1 atom stereocenters. The Morgan fingerprint density at radius 1 is 1.61 bits per heavy atom. The van der Waals surface area contributed by atoms with Crippen LogP contribution in [0.25, 0.3) is 0 Å². The molecule has 1 aromatic rings. The molecule has 0 saturated carbocycles. The first-order valence-corrected chi connectivity index (χ1v) is 7.13. The molecule has 0 radical (unpaired) electrons. The Bertz CT molecular complexity index is 363. The first-order valence-electron chi connectivity index (χ1n) is 5.98. The van der Waals surface area contributed by atoms with Crippen molar-refractivity contribution in [2.75, 3.05) is 38.2 Å². The third-order valence-corrected chi connectivity index (χ3v) is 3.93.